The van der Waals surface area contributed by atoms with E-state index < -0.39 is 23.0 Å². The largest absolute Gasteiger partial charge is 0.496 e. The van der Waals surface area contributed by atoms with Crippen molar-refractivity contribution in [3.05, 3.63) is 114 Å². The lowest BCUT2D eigenvalue weighted by atomic mass is 10.0. The maximum Gasteiger partial charge on any atom is 0.150 e. The summed E-state index contributed by atoms with van der Waals surface area (Å²) in [5, 5.41) is 11.2. The van der Waals surface area contributed by atoms with E-state index in [1.54, 1.807) is 44.6 Å². The van der Waals surface area contributed by atoms with E-state index in [1.165, 1.54) is 0 Å². The zero-order valence-corrected chi connectivity index (χ0v) is 21.6. The Bertz CT molecular complexity index is 1260. The van der Waals surface area contributed by atoms with Crippen molar-refractivity contribution in [2.75, 3.05) is 20.0 Å². The third-order valence-electron chi connectivity index (χ3n) is 5.72. The van der Waals surface area contributed by atoms with Gasteiger partial charge in [0.15, 0.2) is 6.10 Å². The first-order valence-corrected chi connectivity index (χ1v) is 13.2. The summed E-state index contributed by atoms with van der Waals surface area (Å²) in [6.07, 6.45) is -1.86. The molecule has 192 valence electrons. The quantitative estimate of drug-likeness (QED) is 0.264. The number of hydrogen-bond acceptors (Lipinski definition) is 6. The molecule has 0 heterocycles. The average Bonchev–Trinajstić information content (AvgIpc) is 2.95. The molecule has 0 aliphatic rings. The summed E-state index contributed by atoms with van der Waals surface area (Å²) >= 11 is 0. The van der Waals surface area contributed by atoms with Gasteiger partial charge in [0.05, 0.1) is 30.8 Å². The Morgan fingerprint density at radius 3 is 1.89 bits per heavy atom. The zero-order valence-electron chi connectivity index (χ0n) is 20.8. The van der Waals surface area contributed by atoms with Gasteiger partial charge in [0, 0.05) is 23.1 Å². The summed E-state index contributed by atoms with van der Waals surface area (Å²) in [6.45, 7) is 0.447. The third kappa shape index (κ3) is 7.35. The van der Waals surface area contributed by atoms with Gasteiger partial charge >= 0.3 is 0 Å². The molecule has 0 spiro atoms. The first kappa shape index (κ1) is 26.3. The number of hydrogen-bond donors (Lipinski definition) is 1. The molecule has 4 aromatic carbocycles. The van der Waals surface area contributed by atoms with E-state index in [2.05, 4.69) is 0 Å². The van der Waals surface area contributed by atoms with Crippen LogP contribution in [0.15, 0.2) is 108 Å². The molecule has 0 aromatic heterocycles. The molecule has 0 bridgehead atoms. The summed E-state index contributed by atoms with van der Waals surface area (Å²) < 4.78 is 35.8. The Hall–Kier alpha value is -3.81. The van der Waals surface area contributed by atoms with Crippen LogP contribution in [-0.2, 0) is 17.4 Å². The van der Waals surface area contributed by atoms with Crippen molar-refractivity contribution in [2.24, 2.45) is 0 Å². The maximum atomic E-state index is 13.0. The number of methoxy groups -OCH3 is 2. The SMILES string of the molecule is COc1cc(OC)cc(O[C@H](c2ccc(OCc3ccccc3)cc2)C(O)C[S@](=O)c2ccccc2)c1. The number of rotatable bonds is 12. The maximum absolute atomic E-state index is 13.0. The Morgan fingerprint density at radius 2 is 1.30 bits per heavy atom. The lowest BCUT2D eigenvalue weighted by Crippen LogP contribution is -2.29. The van der Waals surface area contributed by atoms with Crippen molar-refractivity contribution in [2.45, 2.75) is 23.7 Å². The van der Waals surface area contributed by atoms with Crippen molar-refractivity contribution in [3.63, 3.8) is 0 Å². The molecule has 7 heteroatoms. The molecule has 37 heavy (non-hydrogen) atoms. The summed E-state index contributed by atoms with van der Waals surface area (Å²) in [7, 11) is 1.70. The third-order valence-corrected chi connectivity index (χ3v) is 7.16. The molecule has 1 N–H and O–H groups in total. The van der Waals surface area contributed by atoms with E-state index in [0.29, 0.717) is 40.1 Å². The molecule has 4 aromatic rings. The highest BCUT2D eigenvalue weighted by molar-refractivity contribution is 7.85. The molecule has 0 saturated heterocycles. The lowest BCUT2D eigenvalue weighted by Gasteiger charge is -2.25. The molecule has 3 atom stereocenters. The van der Waals surface area contributed by atoms with E-state index in [-0.39, 0.29) is 5.75 Å². The first-order valence-electron chi connectivity index (χ1n) is 11.8. The Balaban J connectivity index is 1.56. The van der Waals surface area contributed by atoms with Crippen LogP contribution in [-0.4, -0.2) is 35.4 Å². The van der Waals surface area contributed by atoms with Crippen molar-refractivity contribution < 1.29 is 28.3 Å². The summed E-state index contributed by atoms with van der Waals surface area (Å²) in [6, 6.07) is 31.5. The second-order valence-electron chi connectivity index (χ2n) is 8.32. The standard InChI is InChI=1S/C30H30O6S/c1-33-25-17-26(34-2)19-27(18-25)36-30(29(31)21-37(32)28-11-7-4-8-12-28)23-13-15-24(16-14-23)35-20-22-9-5-3-6-10-22/h3-19,29-31H,20-21H2,1-2H3/t29?,30-,37+/m1/s1. The smallest absolute Gasteiger partial charge is 0.150 e. The van der Waals surface area contributed by atoms with Crippen LogP contribution in [0.4, 0.5) is 0 Å². The van der Waals surface area contributed by atoms with E-state index in [4.69, 9.17) is 18.9 Å². The fourth-order valence-corrected chi connectivity index (χ4v) is 4.91. The molecular formula is C30H30O6S. The Labute approximate surface area is 219 Å². The van der Waals surface area contributed by atoms with Gasteiger partial charge in [-0.25, -0.2) is 0 Å². The van der Waals surface area contributed by atoms with E-state index in [9.17, 15) is 9.32 Å². The predicted octanol–water partition coefficient (Wildman–Crippen LogP) is 5.57. The minimum Gasteiger partial charge on any atom is -0.496 e. The van der Waals surface area contributed by atoms with Crippen LogP contribution in [0.2, 0.25) is 0 Å². The normalized spacial score (nSPS) is 13.3. The van der Waals surface area contributed by atoms with Crippen LogP contribution in [0.25, 0.3) is 0 Å². The van der Waals surface area contributed by atoms with E-state index in [0.717, 1.165) is 5.56 Å². The van der Waals surface area contributed by atoms with Crippen molar-refractivity contribution in [3.8, 4) is 23.0 Å². The molecule has 0 aliphatic carbocycles. The topological polar surface area (TPSA) is 74.2 Å². The monoisotopic (exact) mass is 518 g/mol. The Morgan fingerprint density at radius 1 is 0.730 bits per heavy atom. The number of aliphatic hydroxyl groups is 1. The van der Waals surface area contributed by atoms with Crippen LogP contribution >= 0.6 is 0 Å². The lowest BCUT2D eigenvalue weighted by molar-refractivity contribution is 0.0503. The number of ether oxygens (including phenoxy) is 4. The molecule has 0 radical (unpaired) electrons. The molecule has 0 amide bonds. The van der Waals surface area contributed by atoms with Gasteiger partial charge in [-0.05, 0) is 35.4 Å². The number of aliphatic hydroxyl groups excluding tert-OH is 1. The summed E-state index contributed by atoms with van der Waals surface area (Å²) in [5.74, 6) is 2.26. The molecular weight excluding hydrogens is 488 g/mol. The van der Waals surface area contributed by atoms with Crippen molar-refractivity contribution in [1.82, 2.24) is 0 Å². The van der Waals surface area contributed by atoms with Crippen molar-refractivity contribution >= 4 is 10.8 Å². The Kier molecular flexibility index (Phi) is 9.18. The fourth-order valence-electron chi connectivity index (χ4n) is 3.77. The van der Waals surface area contributed by atoms with Crippen LogP contribution < -0.4 is 18.9 Å². The van der Waals surface area contributed by atoms with Crippen molar-refractivity contribution in [1.29, 1.82) is 0 Å². The van der Waals surface area contributed by atoms with E-state index in [1.807, 2.05) is 72.8 Å². The molecule has 6 nitrogen and oxygen atoms in total. The van der Waals surface area contributed by atoms with Gasteiger partial charge in [0.25, 0.3) is 0 Å². The molecule has 0 fully saturated rings. The molecule has 4 rings (SSSR count). The summed E-state index contributed by atoms with van der Waals surface area (Å²) in [5.41, 5.74) is 1.78. The second-order valence-corrected chi connectivity index (χ2v) is 9.82. The highest BCUT2D eigenvalue weighted by Gasteiger charge is 2.26. The second kappa shape index (κ2) is 12.9. The van der Waals surface area contributed by atoms with Crippen LogP contribution in [0.1, 0.15) is 17.2 Å². The average molecular weight is 519 g/mol. The van der Waals surface area contributed by atoms with Gasteiger partial charge in [0.1, 0.15) is 35.7 Å². The van der Waals surface area contributed by atoms with Gasteiger partial charge in [-0.3, -0.25) is 4.21 Å². The van der Waals surface area contributed by atoms with Crippen LogP contribution in [0.5, 0.6) is 23.0 Å². The highest BCUT2D eigenvalue weighted by atomic mass is 32.2. The zero-order chi connectivity index (χ0) is 26.0. The molecule has 0 saturated carbocycles. The minimum absolute atomic E-state index is 0.00203. The summed E-state index contributed by atoms with van der Waals surface area (Å²) in [4.78, 5) is 0.646. The van der Waals surface area contributed by atoms with Crippen LogP contribution in [0, 0.1) is 0 Å². The van der Waals surface area contributed by atoms with Gasteiger partial charge < -0.3 is 24.1 Å². The van der Waals surface area contributed by atoms with E-state index >= 15 is 0 Å². The van der Waals surface area contributed by atoms with Gasteiger partial charge in [-0.15, -0.1) is 0 Å². The fraction of sp³-hybridized carbons (Fsp3) is 0.200. The number of benzene rings is 4. The predicted molar refractivity (Wildman–Crippen MR) is 144 cm³/mol. The first-order chi connectivity index (χ1) is 18.1. The van der Waals surface area contributed by atoms with Gasteiger partial charge in [-0.1, -0.05) is 60.7 Å². The van der Waals surface area contributed by atoms with Gasteiger partial charge in [0.2, 0.25) is 0 Å². The van der Waals surface area contributed by atoms with Crippen LogP contribution in [0.3, 0.4) is 0 Å². The molecule has 0 aliphatic heterocycles. The minimum atomic E-state index is -1.41. The van der Waals surface area contributed by atoms with Gasteiger partial charge in [-0.2, -0.15) is 0 Å². The molecule has 1 unspecified atom stereocenters. The highest BCUT2D eigenvalue weighted by Crippen LogP contribution is 2.33.